The fraction of sp³-hybridized carbons (Fsp3) is 0.333. The minimum Gasteiger partial charge on any atom is -0.478 e. The van der Waals surface area contributed by atoms with Crippen LogP contribution in [-0.2, 0) is 9.53 Å². The Labute approximate surface area is 126 Å². The summed E-state index contributed by atoms with van der Waals surface area (Å²) in [6, 6.07) is 2.59. The number of carbonyl (C=O) groups is 2. The maximum atomic E-state index is 11.7. The van der Waals surface area contributed by atoms with Gasteiger partial charge in [-0.15, -0.1) is 0 Å². The lowest BCUT2D eigenvalue weighted by molar-refractivity contribution is -0.115. The minimum absolute atomic E-state index is 0.0153. The van der Waals surface area contributed by atoms with Gasteiger partial charge in [0, 0.05) is 18.7 Å². The Hall–Kier alpha value is -1.34. The fourth-order valence-electron chi connectivity index (χ4n) is 1.43. The molecule has 3 N–H and O–H groups in total. The molecular weight excluding hydrogens is 307 g/mol. The van der Waals surface area contributed by atoms with Crippen LogP contribution in [0.2, 0.25) is 10.0 Å². The van der Waals surface area contributed by atoms with Gasteiger partial charge in [0.05, 0.1) is 29.4 Å². The maximum Gasteiger partial charge on any atom is 0.337 e. The topological polar surface area (TPSA) is 87.7 Å². The number of ether oxygens (including phenoxy) is 1. The Bertz CT molecular complexity index is 508. The lowest BCUT2D eigenvalue weighted by Crippen LogP contribution is -2.30. The van der Waals surface area contributed by atoms with E-state index in [2.05, 4.69) is 10.6 Å². The van der Waals surface area contributed by atoms with Crippen molar-refractivity contribution in [2.24, 2.45) is 0 Å². The minimum atomic E-state index is -1.22. The van der Waals surface area contributed by atoms with E-state index in [0.717, 1.165) is 0 Å². The molecule has 110 valence electrons. The van der Waals surface area contributed by atoms with Crippen LogP contribution in [0.15, 0.2) is 12.1 Å². The van der Waals surface area contributed by atoms with E-state index in [0.29, 0.717) is 13.2 Å². The predicted molar refractivity (Wildman–Crippen MR) is 76.8 cm³/mol. The molecule has 1 rings (SSSR count). The van der Waals surface area contributed by atoms with Crippen molar-refractivity contribution in [1.82, 2.24) is 5.32 Å². The smallest absolute Gasteiger partial charge is 0.337 e. The zero-order valence-electron chi connectivity index (χ0n) is 10.7. The van der Waals surface area contributed by atoms with Gasteiger partial charge >= 0.3 is 5.97 Å². The molecule has 0 saturated carbocycles. The van der Waals surface area contributed by atoms with E-state index in [1.165, 1.54) is 12.1 Å². The zero-order valence-corrected chi connectivity index (χ0v) is 12.2. The van der Waals surface area contributed by atoms with Crippen LogP contribution in [0, 0.1) is 0 Å². The van der Waals surface area contributed by atoms with E-state index in [9.17, 15) is 9.59 Å². The van der Waals surface area contributed by atoms with Crippen LogP contribution in [0.1, 0.15) is 10.4 Å². The largest absolute Gasteiger partial charge is 0.478 e. The first-order chi connectivity index (χ1) is 9.45. The molecule has 1 aromatic carbocycles. The number of methoxy groups -OCH3 is 1. The molecule has 0 aromatic heterocycles. The Balaban J connectivity index is 2.76. The van der Waals surface area contributed by atoms with Gasteiger partial charge in [0.1, 0.15) is 0 Å². The van der Waals surface area contributed by atoms with Gasteiger partial charge in [-0.2, -0.15) is 0 Å². The van der Waals surface area contributed by atoms with Crippen LogP contribution in [0.25, 0.3) is 0 Å². The van der Waals surface area contributed by atoms with E-state index < -0.39 is 11.9 Å². The van der Waals surface area contributed by atoms with Crippen LogP contribution < -0.4 is 10.6 Å². The van der Waals surface area contributed by atoms with E-state index >= 15 is 0 Å². The molecule has 8 heteroatoms. The van der Waals surface area contributed by atoms with Crippen molar-refractivity contribution < 1.29 is 19.4 Å². The zero-order chi connectivity index (χ0) is 15.1. The number of hydrogen-bond donors (Lipinski definition) is 3. The van der Waals surface area contributed by atoms with Crippen molar-refractivity contribution >= 4 is 40.8 Å². The van der Waals surface area contributed by atoms with Gasteiger partial charge in [-0.3, -0.25) is 4.79 Å². The second-order valence-electron chi connectivity index (χ2n) is 3.83. The number of aromatic carboxylic acids is 1. The highest BCUT2D eigenvalue weighted by Crippen LogP contribution is 2.30. The Morgan fingerprint density at radius 3 is 2.65 bits per heavy atom. The number of carboxylic acid groups (broad SMARTS) is 1. The van der Waals surface area contributed by atoms with Gasteiger partial charge in [0.15, 0.2) is 0 Å². The summed E-state index contributed by atoms with van der Waals surface area (Å²) in [6.07, 6.45) is 0. The normalized spacial score (nSPS) is 10.3. The molecule has 1 aromatic rings. The maximum absolute atomic E-state index is 11.7. The van der Waals surface area contributed by atoms with Crippen molar-refractivity contribution in [1.29, 1.82) is 0 Å². The van der Waals surface area contributed by atoms with Crippen molar-refractivity contribution in [3.05, 3.63) is 27.7 Å². The average molecular weight is 321 g/mol. The third kappa shape index (κ3) is 4.97. The standard InChI is InChI=1S/C12H14Cl2N2O4/c1-20-3-2-15-6-10(17)16-11-8(12(18)19)4-7(13)5-9(11)14/h4-5,15H,2-3,6H2,1H3,(H,16,17)(H,18,19). The van der Waals surface area contributed by atoms with E-state index in [-0.39, 0.29) is 27.8 Å². The molecule has 6 nitrogen and oxygen atoms in total. The average Bonchev–Trinajstić information content (AvgIpc) is 2.37. The summed E-state index contributed by atoms with van der Waals surface area (Å²) in [4.78, 5) is 22.8. The second-order valence-corrected chi connectivity index (χ2v) is 4.68. The third-order valence-electron chi connectivity index (χ3n) is 2.32. The molecule has 0 unspecified atom stereocenters. The summed E-state index contributed by atoms with van der Waals surface area (Å²) in [7, 11) is 1.55. The molecule has 1 amide bonds. The van der Waals surface area contributed by atoms with Gasteiger partial charge in [0.25, 0.3) is 0 Å². The van der Waals surface area contributed by atoms with Crippen LogP contribution in [-0.4, -0.2) is 43.8 Å². The molecule has 0 saturated heterocycles. The molecule has 0 spiro atoms. The molecule has 0 aliphatic heterocycles. The summed E-state index contributed by atoms with van der Waals surface area (Å²) < 4.78 is 4.82. The number of nitrogens with one attached hydrogen (secondary N) is 2. The van der Waals surface area contributed by atoms with E-state index in [4.69, 9.17) is 33.0 Å². The quantitative estimate of drug-likeness (QED) is 0.667. The highest BCUT2D eigenvalue weighted by Gasteiger charge is 2.17. The monoisotopic (exact) mass is 320 g/mol. The van der Waals surface area contributed by atoms with Gasteiger partial charge in [-0.1, -0.05) is 23.2 Å². The number of hydrogen-bond acceptors (Lipinski definition) is 4. The van der Waals surface area contributed by atoms with Gasteiger partial charge in [-0.25, -0.2) is 4.79 Å². The lowest BCUT2D eigenvalue weighted by atomic mass is 10.1. The third-order valence-corrected chi connectivity index (χ3v) is 2.83. The van der Waals surface area contributed by atoms with E-state index in [1.807, 2.05) is 0 Å². The molecule has 0 radical (unpaired) electrons. The molecule has 0 aliphatic rings. The van der Waals surface area contributed by atoms with Gasteiger partial charge < -0.3 is 20.5 Å². The highest BCUT2D eigenvalue weighted by molar-refractivity contribution is 6.37. The number of benzene rings is 1. The first kappa shape index (κ1) is 16.7. The second kappa shape index (κ2) is 8.06. The molecular formula is C12H14Cl2N2O4. The number of carboxylic acids is 1. The van der Waals surface area contributed by atoms with Crippen molar-refractivity contribution in [3.63, 3.8) is 0 Å². The summed E-state index contributed by atoms with van der Waals surface area (Å²) in [6.45, 7) is 0.987. The number of carbonyl (C=O) groups excluding carboxylic acids is 1. The summed E-state index contributed by atoms with van der Waals surface area (Å²) in [5, 5.41) is 14.6. The van der Waals surface area contributed by atoms with Crippen molar-refractivity contribution in [2.45, 2.75) is 0 Å². The van der Waals surface area contributed by atoms with Crippen LogP contribution in [0.5, 0.6) is 0 Å². The molecule has 0 atom stereocenters. The van der Waals surface area contributed by atoms with Crippen LogP contribution >= 0.6 is 23.2 Å². The first-order valence-corrected chi connectivity index (χ1v) is 6.43. The Morgan fingerprint density at radius 2 is 2.05 bits per heavy atom. The van der Waals surface area contributed by atoms with Gasteiger partial charge in [-0.05, 0) is 12.1 Å². The number of anilines is 1. The van der Waals surface area contributed by atoms with Crippen LogP contribution in [0.4, 0.5) is 5.69 Å². The van der Waals surface area contributed by atoms with Crippen molar-refractivity contribution in [2.75, 3.05) is 32.1 Å². The number of rotatable bonds is 7. The van der Waals surface area contributed by atoms with E-state index in [1.54, 1.807) is 7.11 Å². The number of amides is 1. The molecule has 0 fully saturated rings. The predicted octanol–water partition coefficient (Wildman–Crippen LogP) is 1.87. The highest BCUT2D eigenvalue weighted by atomic mass is 35.5. The lowest BCUT2D eigenvalue weighted by Gasteiger charge is -2.11. The first-order valence-electron chi connectivity index (χ1n) is 5.67. The molecule has 0 heterocycles. The summed E-state index contributed by atoms with van der Waals surface area (Å²) >= 11 is 11.6. The van der Waals surface area contributed by atoms with Crippen molar-refractivity contribution in [3.8, 4) is 0 Å². The molecule has 0 aliphatic carbocycles. The molecule has 20 heavy (non-hydrogen) atoms. The molecule has 0 bridgehead atoms. The van der Waals surface area contributed by atoms with Crippen LogP contribution in [0.3, 0.4) is 0 Å². The summed E-state index contributed by atoms with van der Waals surface area (Å²) in [5.41, 5.74) is -0.130. The fourth-order valence-corrected chi connectivity index (χ4v) is 1.97. The Morgan fingerprint density at radius 1 is 1.35 bits per heavy atom. The van der Waals surface area contributed by atoms with Gasteiger partial charge in [0.2, 0.25) is 5.91 Å². The number of halogens is 2. The summed E-state index contributed by atoms with van der Waals surface area (Å²) in [5.74, 6) is -1.63. The Kier molecular flexibility index (Phi) is 6.74. The SMILES string of the molecule is COCCNCC(=O)Nc1c(Cl)cc(Cl)cc1C(=O)O.